The molecule has 2 rings (SSSR count). The third-order valence-corrected chi connectivity index (χ3v) is 2.99. The molecule has 16 heavy (non-hydrogen) atoms. The fourth-order valence-electron chi connectivity index (χ4n) is 1.88. The van der Waals surface area contributed by atoms with Crippen molar-refractivity contribution in [2.75, 3.05) is 11.9 Å². The number of nitrogens with one attached hydrogen (secondary N) is 1. The second kappa shape index (κ2) is 4.78. The molecule has 0 amide bonds. The number of aromatic nitrogens is 2. The minimum absolute atomic E-state index is 0.262. The van der Waals surface area contributed by atoms with Crippen LogP contribution in [0, 0.1) is 0 Å². The number of nitrogens with zero attached hydrogens (tertiary/aromatic N) is 2. The Morgan fingerprint density at radius 2 is 2.25 bits per heavy atom. The summed E-state index contributed by atoms with van der Waals surface area (Å²) in [6.07, 6.45) is 2.93. The van der Waals surface area contributed by atoms with Gasteiger partial charge in [-0.05, 0) is 19.3 Å². The first-order chi connectivity index (χ1) is 7.66. The fourth-order valence-corrected chi connectivity index (χ4v) is 1.88. The molecule has 0 aromatic carbocycles. The quantitative estimate of drug-likeness (QED) is 0.850. The van der Waals surface area contributed by atoms with Crippen LogP contribution in [0.5, 0.6) is 0 Å². The molecular weight excluding hydrogens is 202 g/mol. The minimum Gasteiger partial charge on any atom is -0.376 e. The Kier molecular flexibility index (Phi) is 3.39. The molecule has 1 aromatic heterocycles. The van der Waals surface area contributed by atoms with Crippen molar-refractivity contribution in [1.29, 1.82) is 0 Å². The SMILES string of the molecule is CC(C)c1cc(NC2CCOC2C)ncn1. The van der Waals surface area contributed by atoms with Gasteiger partial charge in [-0.25, -0.2) is 9.97 Å². The summed E-state index contributed by atoms with van der Waals surface area (Å²) in [4.78, 5) is 8.49. The predicted molar refractivity (Wildman–Crippen MR) is 63.6 cm³/mol. The molecule has 1 aliphatic heterocycles. The smallest absolute Gasteiger partial charge is 0.129 e. The topological polar surface area (TPSA) is 47.0 Å². The summed E-state index contributed by atoms with van der Waals surface area (Å²) in [5.74, 6) is 1.34. The van der Waals surface area contributed by atoms with Crippen LogP contribution in [0.4, 0.5) is 5.82 Å². The van der Waals surface area contributed by atoms with Crippen LogP contribution in [0.3, 0.4) is 0 Å². The van der Waals surface area contributed by atoms with Crippen molar-refractivity contribution in [2.24, 2.45) is 0 Å². The van der Waals surface area contributed by atoms with Gasteiger partial charge < -0.3 is 10.1 Å². The molecule has 1 fully saturated rings. The Morgan fingerprint density at radius 3 is 2.88 bits per heavy atom. The van der Waals surface area contributed by atoms with E-state index in [2.05, 4.69) is 36.1 Å². The van der Waals surface area contributed by atoms with Crippen molar-refractivity contribution in [1.82, 2.24) is 9.97 Å². The monoisotopic (exact) mass is 221 g/mol. The van der Waals surface area contributed by atoms with Gasteiger partial charge in [0.25, 0.3) is 0 Å². The molecule has 2 atom stereocenters. The maximum atomic E-state index is 5.51. The summed E-state index contributed by atoms with van der Waals surface area (Å²) < 4.78 is 5.51. The molecule has 2 heterocycles. The highest BCUT2D eigenvalue weighted by Crippen LogP contribution is 2.19. The van der Waals surface area contributed by atoms with Crippen molar-refractivity contribution in [2.45, 2.75) is 45.3 Å². The van der Waals surface area contributed by atoms with E-state index < -0.39 is 0 Å². The molecule has 0 aliphatic carbocycles. The zero-order chi connectivity index (χ0) is 11.5. The molecule has 0 bridgehead atoms. The first kappa shape index (κ1) is 11.3. The Morgan fingerprint density at radius 1 is 1.44 bits per heavy atom. The van der Waals surface area contributed by atoms with E-state index in [1.54, 1.807) is 6.33 Å². The van der Waals surface area contributed by atoms with E-state index >= 15 is 0 Å². The Labute approximate surface area is 96.4 Å². The van der Waals surface area contributed by atoms with Crippen LogP contribution in [-0.2, 0) is 4.74 Å². The van der Waals surface area contributed by atoms with Gasteiger partial charge in [-0.2, -0.15) is 0 Å². The van der Waals surface area contributed by atoms with Gasteiger partial charge in [0, 0.05) is 18.4 Å². The van der Waals surface area contributed by atoms with Gasteiger partial charge in [0.15, 0.2) is 0 Å². The van der Waals surface area contributed by atoms with Gasteiger partial charge in [-0.3, -0.25) is 0 Å². The predicted octanol–water partition coefficient (Wildman–Crippen LogP) is 2.19. The van der Waals surface area contributed by atoms with Crippen LogP contribution >= 0.6 is 0 Å². The second-order valence-electron chi connectivity index (χ2n) is 4.60. The van der Waals surface area contributed by atoms with Crippen molar-refractivity contribution >= 4 is 5.82 Å². The third-order valence-electron chi connectivity index (χ3n) is 2.99. The van der Waals surface area contributed by atoms with Gasteiger partial charge in [0.2, 0.25) is 0 Å². The number of ether oxygens (including phenoxy) is 1. The molecule has 1 aromatic rings. The summed E-state index contributed by atoms with van der Waals surface area (Å²) in [6, 6.07) is 2.39. The molecule has 4 heteroatoms. The lowest BCUT2D eigenvalue weighted by atomic mass is 10.1. The molecule has 4 nitrogen and oxygen atoms in total. The van der Waals surface area contributed by atoms with E-state index in [0.29, 0.717) is 12.0 Å². The maximum absolute atomic E-state index is 5.51. The molecule has 1 aliphatic rings. The number of rotatable bonds is 3. The van der Waals surface area contributed by atoms with Crippen molar-refractivity contribution < 1.29 is 4.74 Å². The fraction of sp³-hybridized carbons (Fsp3) is 0.667. The third kappa shape index (κ3) is 2.50. The van der Waals surface area contributed by atoms with Crippen molar-refractivity contribution in [3.8, 4) is 0 Å². The zero-order valence-corrected chi connectivity index (χ0v) is 10.1. The first-order valence-electron chi connectivity index (χ1n) is 5.87. The maximum Gasteiger partial charge on any atom is 0.129 e. The molecule has 1 saturated heterocycles. The van der Waals surface area contributed by atoms with Gasteiger partial charge in [0.1, 0.15) is 12.1 Å². The highest BCUT2D eigenvalue weighted by molar-refractivity contribution is 5.37. The van der Waals surface area contributed by atoms with Crippen LogP contribution in [0.2, 0.25) is 0 Å². The van der Waals surface area contributed by atoms with Crippen LogP contribution in [0.15, 0.2) is 12.4 Å². The van der Waals surface area contributed by atoms with E-state index in [9.17, 15) is 0 Å². The lowest BCUT2D eigenvalue weighted by Crippen LogP contribution is -2.27. The van der Waals surface area contributed by atoms with Crippen molar-refractivity contribution in [3.63, 3.8) is 0 Å². The van der Waals surface area contributed by atoms with Crippen LogP contribution < -0.4 is 5.32 Å². The Hall–Kier alpha value is -1.16. The first-order valence-corrected chi connectivity index (χ1v) is 5.87. The van der Waals surface area contributed by atoms with Crippen LogP contribution in [0.25, 0.3) is 0 Å². The van der Waals surface area contributed by atoms with Gasteiger partial charge in [0.05, 0.1) is 12.1 Å². The van der Waals surface area contributed by atoms with E-state index in [-0.39, 0.29) is 6.10 Å². The highest BCUT2D eigenvalue weighted by Gasteiger charge is 2.24. The van der Waals surface area contributed by atoms with Crippen LogP contribution in [-0.4, -0.2) is 28.7 Å². The van der Waals surface area contributed by atoms with E-state index in [1.807, 2.05) is 6.07 Å². The molecule has 2 unspecified atom stereocenters. The summed E-state index contributed by atoms with van der Waals surface area (Å²) in [5.41, 5.74) is 1.07. The van der Waals surface area contributed by atoms with Gasteiger partial charge in [-0.15, -0.1) is 0 Å². The standard InChI is InChI=1S/C12H19N3O/c1-8(2)11-6-12(14-7-13-11)15-10-4-5-16-9(10)3/h6-10H,4-5H2,1-3H3,(H,13,14,15). The summed E-state index contributed by atoms with van der Waals surface area (Å²) in [6.45, 7) is 7.19. The van der Waals surface area contributed by atoms with Crippen molar-refractivity contribution in [3.05, 3.63) is 18.1 Å². The molecular formula is C12H19N3O. The summed E-state index contributed by atoms with van der Waals surface area (Å²) in [7, 11) is 0. The van der Waals surface area contributed by atoms with E-state index in [0.717, 1.165) is 24.5 Å². The van der Waals surface area contributed by atoms with Crippen LogP contribution in [0.1, 0.15) is 38.8 Å². The average Bonchev–Trinajstić information content (AvgIpc) is 2.65. The lowest BCUT2D eigenvalue weighted by molar-refractivity contribution is 0.121. The number of hydrogen-bond donors (Lipinski definition) is 1. The zero-order valence-electron chi connectivity index (χ0n) is 10.1. The average molecular weight is 221 g/mol. The number of anilines is 1. The van der Waals surface area contributed by atoms with E-state index in [1.165, 1.54) is 0 Å². The Bertz CT molecular complexity index is 354. The second-order valence-corrected chi connectivity index (χ2v) is 4.60. The summed E-state index contributed by atoms with van der Waals surface area (Å²) >= 11 is 0. The largest absolute Gasteiger partial charge is 0.376 e. The lowest BCUT2D eigenvalue weighted by Gasteiger charge is -2.17. The number of hydrogen-bond acceptors (Lipinski definition) is 4. The van der Waals surface area contributed by atoms with E-state index in [4.69, 9.17) is 4.74 Å². The molecule has 0 spiro atoms. The molecule has 0 saturated carbocycles. The summed E-state index contributed by atoms with van der Waals surface area (Å²) in [5, 5.41) is 3.41. The molecule has 0 radical (unpaired) electrons. The Balaban J connectivity index is 2.06. The molecule has 1 N–H and O–H groups in total. The van der Waals surface area contributed by atoms with Gasteiger partial charge in [-0.1, -0.05) is 13.8 Å². The highest BCUT2D eigenvalue weighted by atomic mass is 16.5. The molecule has 88 valence electrons. The van der Waals surface area contributed by atoms with Gasteiger partial charge >= 0.3 is 0 Å². The normalized spacial score (nSPS) is 25.0. The minimum atomic E-state index is 0.262.